The van der Waals surface area contributed by atoms with Crippen LogP contribution in [0.2, 0.25) is 0 Å². The molecular weight excluding hydrogens is 262 g/mol. The minimum Gasteiger partial charge on any atom is -0.397 e. The van der Waals surface area contributed by atoms with E-state index in [1.807, 2.05) is 25.1 Å². The van der Waals surface area contributed by atoms with Crippen molar-refractivity contribution in [3.8, 4) is 0 Å². The van der Waals surface area contributed by atoms with Gasteiger partial charge in [-0.15, -0.1) is 0 Å². The molecule has 0 aromatic heterocycles. The molecule has 21 heavy (non-hydrogen) atoms. The molecule has 118 valence electrons. The third-order valence-corrected chi connectivity index (χ3v) is 3.93. The number of nitrogens with one attached hydrogen (secondary N) is 1. The molecule has 0 saturated heterocycles. The number of carbonyl (C=O) groups excluding carboxylic acids is 1. The average Bonchev–Trinajstić information content (AvgIpc) is 2.46. The van der Waals surface area contributed by atoms with Gasteiger partial charge in [-0.25, -0.2) is 0 Å². The maximum Gasteiger partial charge on any atom is 0.238 e. The standard InChI is InChI=1S/C17H29N3O/c1-5-7-11-20(14(4)6-2)12-16(21)19-17-13(3)9-8-10-15(17)18/h8-10,14H,5-7,11-12,18H2,1-4H3,(H,19,21). The molecule has 4 heteroatoms. The van der Waals surface area contributed by atoms with Crippen LogP contribution in [0.4, 0.5) is 11.4 Å². The minimum absolute atomic E-state index is 0.00685. The summed E-state index contributed by atoms with van der Waals surface area (Å²) >= 11 is 0. The smallest absolute Gasteiger partial charge is 0.238 e. The summed E-state index contributed by atoms with van der Waals surface area (Å²) in [5, 5.41) is 2.96. The van der Waals surface area contributed by atoms with Crippen molar-refractivity contribution in [1.82, 2.24) is 4.90 Å². The van der Waals surface area contributed by atoms with Crippen molar-refractivity contribution in [2.45, 2.75) is 53.0 Å². The second-order valence-electron chi connectivity index (χ2n) is 5.67. The summed E-state index contributed by atoms with van der Waals surface area (Å²) in [6, 6.07) is 6.07. The lowest BCUT2D eigenvalue weighted by Crippen LogP contribution is -2.40. The Morgan fingerprint density at radius 2 is 2.10 bits per heavy atom. The van der Waals surface area contributed by atoms with E-state index in [4.69, 9.17) is 5.73 Å². The molecule has 0 fully saturated rings. The first-order valence-electron chi connectivity index (χ1n) is 7.88. The van der Waals surface area contributed by atoms with Crippen molar-refractivity contribution in [2.24, 2.45) is 0 Å². The van der Waals surface area contributed by atoms with E-state index in [-0.39, 0.29) is 5.91 Å². The molecular formula is C17H29N3O. The van der Waals surface area contributed by atoms with Crippen LogP contribution in [0.5, 0.6) is 0 Å². The number of nitrogens with two attached hydrogens (primary N) is 1. The van der Waals surface area contributed by atoms with Crippen LogP contribution in [0.3, 0.4) is 0 Å². The van der Waals surface area contributed by atoms with E-state index in [9.17, 15) is 4.79 Å². The number of anilines is 2. The summed E-state index contributed by atoms with van der Waals surface area (Å²) in [6.45, 7) is 9.83. The molecule has 0 spiro atoms. The predicted octanol–water partition coefficient (Wildman–Crippen LogP) is 3.42. The van der Waals surface area contributed by atoms with Crippen molar-refractivity contribution in [3.63, 3.8) is 0 Å². The highest BCUT2D eigenvalue weighted by atomic mass is 16.2. The van der Waals surface area contributed by atoms with Gasteiger partial charge in [-0.2, -0.15) is 0 Å². The molecule has 1 unspecified atom stereocenters. The average molecular weight is 291 g/mol. The van der Waals surface area contributed by atoms with Crippen LogP contribution in [-0.4, -0.2) is 29.9 Å². The number of amides is 1. The van der Waals surface area contributed by atoms with Crippen LogP contribution in [-0.2, 0) is 4.79 Å². The molecule has 0 aliphatic heterocycles. The first kappa shape index (κ1) is 17.5. The van der Waals surface area contributed by atoms with Crippen LogP contribution < -0.4 is 11.1 Å². The van der Waals surface area contributed by atoms with Gasteiger partial charge < -0.3 is 11.1 Å². The van der Waals surface area contributed by atoms with Gasteiger partial charge in [0.15, 0.2) is 0 Å². The van der Waals surface area contributed by atoms with E-state index in [1.165, 1.54) is 0 Å². The van der Waals surface area contributed by atoms with Gasteiger partial charge in [0.2, 0.25) is 5.91 Å². The first-order chi connectivity index (χ1) is 9.99. The van der Waals surface area contributed by atoms with E-state index in [1.54, 1.807) is 0 Å². The van der Waals surface area contributed by atoms with Crippen LogP contribution in [0, 0.1) is 6.92 Å². The van der Waals surface area contributed by atoms with E-state index in [0.717, 1.165) is 37.1 Å². The monoisotopic (exact) mass is 291 g/mol. The van der Waals surface area contributed by atoms with Gasteiger partial charge in [0, 0.05) is 6.04 Å². The van der Waals surface area contributed by atoms with E-state index in [0.29, 0.717) is 18.3 Å². The second kappa shape index (κ2) is 8.67. The van der Waals surface area contributed by atoms with E-state index >= 15 is 0 Å². The van der Waals surface area contributed by atoms with E-state index < -0.39 is 0 Å². The van der Waals surface area contributed by atoms with Gasteiger partial charge in [0.1, 0.15) is 0 Å². The van der Waals surface area contributed by atoms with Crippen LogP contribution in [0.25, 0.3) is 0 Å². The fraction of sp³-hybridized carbons (Fsp3) is 0.588. The normalized spacial score (nSPS) is 12.4. The van der Waals surface area contributed by atoms with Gasteiger partial charge in [-0.1, -0.05) is 32.4 Å². The molecule has 1 atom stereocenters. The number of nitrogen functional groups attached to an aromatic ring is 1. The number of rotatable bonds is 8. The minimum atomic E-state index is 0.00685. The molecule has 3 N–H and O–H groups in total. The summed E-state index contributed by atoms with van der Waals surface area (Å²) in [7, 11) is 0. The lowest BCUT2D eigenvalue weighted by atomic mass is 10.1. The number of benzene rings is 1. The van der Waals surface area contributed by atoms with Crippen molar-refractivity contribution in [1.29, 1.82) is 0 Å². The van der Waals surface area contributed by atoms with Gasteiger partial charge in [0.05, 0.1) is 17.9 Å². The molecule has 0 saturated carbocycles. The number of carbonyl (C=O) groups is 1. The van der Waals surface area contributed by atoms with Gasteiger partial charge in [-0.3, -0.25) is 9.69 Å². The summed E-state index contributed by atoms with van der Waals surface area (Å²) < 4.78 is 0. The Hall–Kier alpha value is -1.55. The van der Waals surface area contributed by atoms with Gasteiger partial charge >= 0.3 is 0 Å². The Morgan fingerprint density at radius 3 is 2.67 bits per heavy atom. The van der Waals surface area contributed by atoms with Gasteiger partial charge in [-0.05, 0) is 44.9 Å². The number of nitrogens with zero attached hydrogens (tertiary/aromatic N) is 1. The van der Waals surface area contributed by atoms with Crippen LogP contribution in [0.1, 0.15) is 45.6 Å². The van der Waals surface area contributed by atoms with E-state index in [2.05, 4.69) is 31.0 Å². The Morgan fingerprint density at radius 1 is 1.38 bits per heavy atom. The predicted molar refractivity (Wildman–Crippen MR) is 90.5 cm³/mol. The topological polar surface area (TPSA) is 58.4 Å². The van der Waals surface area contributed by atoms with Crippen molar-refractivity contribution in [2.75, 3.05) is 24.1 Å². The van der Waals surface area contributed by atoms with Crippen molar-refractivity contribution in [3.05, 3.63) is 23.8 Å². The summed E-state index contributed by atoms with van der Waals surface area (Å²) in [6.07, 6.45) is 3.30. The number of unbranched alkanes of at least 4 members (excludes halogenated alkanes) is 1. The zero-order valence-electron chi connectivity index (χ0n) is 13.8. The zero-order valence-corrected chi connectivity index (χ0v) is 13.8. The summed E-state index contributed by atoms with van der Waals surface area (Å²) in [5.74, 6) is 0.00685. The van der Waals surface area contributed by atoms with Crippen LogP contribution in [0.15, 0.2) is 18.2 Å². The third kappa shape index (κ3) is 5.38. The highest BCUT2D eigenvalue weighted by molar-refractivity contribution is 5.96. The maximum atomic E-state index is 12.3. The lowest BCUT2D eigenvalue weighted by molar-refractivity contribution is -0.117. The largest absolute Gasteiger partial charge is 0.397 e. The number of hydrogen-bond donors (Lipinski definition) is 2. The highest BCUT2D eigenvalue weighted by Gasteiger charge is 2.16. The van der Waals surface area contributed by atoms with Crippen LogP contribution >= 0.6 is 0 Å². The Labute approximate surface area is 128 Å². The Balaban J connectivity index is 2.69. The quantitative estimate of drug-likeness (QED) is 0.722. The Kier molecular flexibility index (Phi) is 7.23. The van der Waals surface area contributed by atoms with Crippen molar-refractivity contribution < 1.29 is 4.79 Å². The molecule has 0 bridgehead atoms. The summed E-state index contributed by atoms with van der Waals surface area (Å²) in [4.78, 5) is 14.5. The van der Waals surface area contributed by atoms with Crippen molar-refractivity contribution >= 4 is 17.3 Å². The second-order valence-corrected chi connectivity index (χ2v) is 5.67. The molecule has 1 aromatic rings. The number of para-hydroxylation sites is 1. The summed E-state index contributed by atoms with van der Waals surface area (Å²) in [5.41, 5.74) is 8.29. The molecule has 1 aromatic carbocycles. The third-order valence-electron chi connectivity index (χ3n) is 3.93. The maximum absolute atomic E-state index is 12.3. The molecule has 0 heterocycles. The highest BCUT2D eigenvalue weighted by Crippen LogP contribution is 2.22. The fourth-order valence-electron chi connectivity index (χ4n) is 2.30. The fourth-order valence-corrected chi connectivity index (χ4v) is 2.30. The molecule has 4 nitrogen and oxygen atoms in total. The zero-order chi connectivity index (χ0) is 15.8. The molecule has 0 aliphatic carbocycles. The Bertz CT molecular complexity index is 439. The molecule has 0 aliphatic rings. The lowest BCUT2D eigenvalue weighted by Gasteiger charge is -2.27. The molecule has 1 amide bonds. The number of aryl methyl sites for hydroxylation is 1. The SMILES string of the molecule is CCCCN(CC(=O)Nc1c(C)cccc1N)C(C)CC. The number of hydrogen-bond acceptors (Lipinski definition) is 3. The molecule has 1 rings (SSSR count). The van der Waals surface area contributed by atoms with Gasteiger partial charge in [0.25, 0.3) is 0 Å². The first-order valence-corrected chi connectivity index (χ1v) is 7.88. The molecule has 0 radical (unpaired) electrons.